The van der Waals surface area contributed by atoms with Crippen LogP contribution < -0.4 is 5.32 Å². The highest BCUT2D eigenvalue weighted by Crippen LogP contribution is 2.25. The Bertz CT molecular complexity index is 261. The average Bonchev–Trinajstić information content (AvgIpc) is 2.34. The normalized spacial score (nSPS) is 31.5. The smallest absolute Gasteiger partial charge is 0.223 e. The van der Waals surface area contributed by atoms with Crippen LogP contribution >= 0.6 is 0 Å². The highest BCUT2D eigenvalue weighted by Gasteiger charge is 2.29. The Kier molecular flexibility index (Phi) is 4.43. The molecule has 1 N–H and O–H groups in total. The van der Waals surface area contributed by atoms with Gasteiger partial charge in [-0.2, -0.15) is 0 Å². The van der Waals surface area contributed by atoms with Gasteiger partial charge in [0.2, 0.25) is 5.91 Å². The Morgan fingerprint density at radius 2 is 1.94 bits per heavy atom. The first kappa shape index (κ1) is 12.9. The van der Waals surface area contributed by atoms with Crippen LogP contribution in [0.3, 0.4) is 0 Å². The van der Waals surface area contributed by atoms with Gasteiger partial charge in [0.15, 0.2) is 0 Å². The van der Waals surface area contributed by atoms with Gasteiger partial charge in [-0.25, -0.2) is 0 Å². The Hall–Kier alpha value is -0.570. The SMILES string of the molecule is CC1CCCN(C(=O)CC2CCNCC2)C1C. The largest absolute Gasteiger partial charge is 0.340 e. The molecule has 0 aromatic heterocycles. The third-order valence-corrected chi connectivity index (χ3v) is 4.62. The molecule has 3 nitrogen and oxygen atoms in total. The summed E-state index contributed by atoms with van der Waals surface area (Å²) in [5.41, 5.74) is 0. The summed E-state index contributed by atoms with van der Waals surface area (Å²) in [6.07, 6.45) is 5.58. The number of piperidine rings is 2. The summed E-state index contributed by atoms with van der Waals surface area (Å²) in [4.78, 5) is 14.5. The van der Waals surface area contributed by atoms with E-state index in [1.807, 2.05) is 0 Å². The van der Waals surface area contributed by atoms with E-state index in [-0.39, 0.29) is 0 Å². The van der Waals surface area contributed by atoms with Gasteiger partial charge in [0.1, 0.15) is 0 Å². The van der Waals surface area contributed by atoms with E-state index in [0.29, 0.717) is 23.8 Å². The molecule has 0 aromatic rings. The zero-order valence-electron chi connectivity index (χ0n) is 11.2. The molecule has 2 aliphatic heterocycles. The Morgan fingerprint density at radius 1 is 1.24 bits per heavy atom. The van der Waals surface area contributed by atoms with Gasteiger partial charge in [-0.1, -0.05) is 6.92 Å². The van der Waals surface area contributed by atoms with Gasteiger partial charge in [0.05, 0.1) is 0 Å². The average molecular weight is 238 g/mol. The van der Waals surface area contributed by atoms with Crippen molar-refractivity contribution in [3.63, 3.8) is 0 Å². The van der Waals surface area contributed by atoms with E-state index in [0.717, 1.165) is 26.1 Å². The molecule has 2 heterocycles. The molecule has 2 aliphatic rings. The second-order valence-electron chi connectivity index (χ2n) is 5.84. The quantitative estimate of drug-likeness (QED) is 0.798. The van der Waals surface area contributed by atoms with Crippen LogP contribution in [-0.4, -0.2) is 36.5 Å². The Labute approximate surface area is 105 Å². The molecule has 0 bridgehead atoms. The minimum absolute atomic E-state index is 0.399. The first-order chi connectivity index (χ1) is 8.18. The number of carbonyl (C=O) groups is 1. The predicted molar refractivity (Wildman–Crippen MR) is 69.8 cm³/mol. The van der Waals surface area contributed by atoms with Crippen LogP contribution in [0.5, 0.6) is 0 Å². The molecule has 0 spiro atoms. The molecule has 0 aromatic carbocycles. The number of likely N-dealkylation sites (tertiary alicyclic amines) is 1. The maximum Gasteiger partial charge on any atom is 0.223 e. The number of rotatable bonds is 2. The van der Waals surface area contributed by atoms with E-state index in [1.165, 1.54) is 25.7 Å². The van der Waals surface area contributed by atoms with Gasteiger partial charge in [-0.05, 0) is 57.5 Å². The molecule has 2 saturated heterocycles. The van der Waals surface area contributed by atoms with E-state index in [4.69, 9.17) is 0 Å². The second-order valence-corrected chi connectivity index (χ2v) is 5.84. The molecule has 2 rings (SSSR count). The summed E-state index contributed by atoms with van der Waals surface area (Å²) in [6, 6.07) is 0.443. The first-order valence-electron chi connectivity index (χ1n) is 7.18. The molecule has 0 radical (unpaired) electrons. The first-order valence-corrected chi connectivity index (χ1v) is 7.18. The van der Waals surface area contributed by atoms with Crippen molar-refractivity contribution in [2.45, 2.75) is 52.0 Å². The second kappa shape index (κ2) is 5.85. The molecule has 17 heavy (non-hydrogen) atoms. The number of hydrogen-bond donors (Lipinski definition) is 1. The van der Waals surface area contributed by atoms with Crippen molar-refractivity contribution in [1.82, 2.24) is 10.2 Å². The van der Waals surface area contributed by atoms with Gasteiger partial charge < -0.3 is 10.2 Å². The van der Waals surface area contributed by atoms with Gasteiger partial charge in [0.25, 0.3) is 0 Å². The minimum Gasteiger partial charge on any atom is -0.340 e. The maximum atomic E-state index is 12.3. The van der Waals surface area contributed by atoms with Crippen LogP contribution in [0, 0.1) is 11.8 Å². The maximum absolute atomic E-state index is 12.3. The monoisotopic (exact) mass is 238 g/mol. The van der Waals surface area contributed by atoms with Crippen molar-refractivity contribution >= 4 is 5.91 Å². The fourth-order valence-corrected chi connectivity index (χ4v) is 3.14. The van der Waals surface area contributed by atoms with Gasteiger partial charge in [0, 0.05) is 19.0 Å². The third kappa shape index (κ3) is 3.21. The molecule has 0 saturated carbocycles. The molecule has 2 atom stereocenters. The van der Waals surface area contributed by atoms with Crippen molar-refractivity contribution in [2.24, 2.45) is 11.8 Å². The predicted octanol–water partition coefficient (Wildman–Crippen LogP) is 2.02. The fraction of sp³-hybridized carbons (Fsp3) is 0.929. The van der Waals surface area contributed by atoms with Crippen molar-refractivity contribution in [2.75, 3.05) is 19.6 Å². The summed E-state index contributed by atoms with van der Waals surface area (Å²) in [5.74, 6) is 1.69. The summed E-state index contributed by atoms with van der Waals surface area (Å²) >= 11 is 0. The topological polar surface area (TPSA) is 32.3 Å². The fourth-order valence-electron chi connectivity index (χ4n) is 3.14. The van der Waals surface area contributed by atoms with E-state index < -0.39 is 0 Å². The Balaban J connectivity index is 1.85. The van der Waals surface area contributed by atoms with Crippen molar-refractivity contribution in [1.29, 1.82) is 0 Å². The third-order valence-electron chi connectivity index (χ3n) is 4.62. The standard InChI is InChI=1S/C14H26N2O/c1-11-4-3-9-16(12(11)2)14(17)10-13-5-7-15-8-6-13/h11-13,15H,3-10H2,1-2H3. The van der Waals surface area contributed by atoms with Gasteiger partial charge >= 0.3 is 0 Å². The molecule has 2 fully saturated rings. The summed E-state index contributed by atoms with van der Waals surface area (Å²) in [6.45, 7) is 7.64. The number of hydrogen-bond acceptors (Lipinski definition) is 2. The van der Waals surface area contributed by atoms with Crippen LogP contribution in [0.25, 0.3) is 0 Å². The van der Waals surface area contributed by atoms with Crippen LogP contribution in [0.1, 0.15) is 46.0 Å². The van der Waals surface area contributed by atoms with Crippen LogP contribution in [0.15, 0.2) is 0 Å². The number of nitrogens with one attached hydrogen (secondary N) is 1. The van der Waals surface area contributed by atoms with E-state index in [9.17, 15) is 4.79 Å². The zero-order valence-corrected chi connectivity index (χ0v) is 11.2. The lowest BCUT2D eigenvalue weighted by molar-refractivity contribution is -0.137. The molecular formula is C14H26N2O. The molecular weight excluding hydrogens is 212 g/mol. The lowest BCUT2D eigenvalue weighted by Gasteiger charge is -2.39. The van der Waals surface area contributed by atoms with E-state index in [1.54, 1.807) is 0 Å². The number of carbonyl (C=O) groups excluding carboxylic acids is 1. The summed E-state index contributed by atoms with van der Waals surface area (Å²) in [7, 11) is 0. The molecule has 3 heteroatoms. The van der Waals surface area contributed by atoms with E-state index >= 15 is 0 Å². The number of amides is 1. The van der Waals surface area contributed by atoms with Gasteiger partial charge in [-0.3, -0.25) is 4.79 Å². The highest BCUT2D eigenvalue weighted by molar-refractivity contribution is 5.76. The van der Waals surface area contributed by atoms with Crippen LogP contribution in [0.2, 0.25) is 0 Å². The molecule has 2 unspecified atom stereocenters. The van der Waals surface area contributed by atoms with E-state index in [2.05, 4.69) is 24.1 Å². The van der Waals surface area contributed by atoms with Crippen molar-refractivity contribution in [3.05, 3.63) is 0 Å². The zero-order chi connectivity index (χ0) is 12.3. The van der Waals surface area contributed by atoms with Gasteiger partial charge in [-0.15, -0.1) is 0 Å². The lowest BCUT2D eigenvalue weighted by Crippen LogP contribution is -2.46. The van der Waals surface area contributed by atoms with Crippen molar-refractivity contribution in [3.8, 4) is 0 Å². The number of nitrogens with zero attached hydrogens (tertiary/aromatic N) is 1. The van der Waals surface area contributed by atoms with Crippen LogP contribution in [-0.2, 0) is 4.79 Å². The minimum atomic E-state index is 0.399. The molecule has 0 aliphatic carbocycles. The summed E-state index contributed by atoms with van der Waals surface area (Å²) in [5, 5.41) is 3.36. The van der Waals surface area contributed by atoms with Crippen molar-refractivity contribution < 1.29 is 4.79 Å². The highest BCUT2D eigenvalue weighted by atomic mass is 16.2. The van der Waals surface area contributed by atoms with Crippen LogP contribution in [0.4, 0.5) is 0 Å². The molecule has 98 valence electrons. The Morgan fingerprint density at radius 3 is 2.65 bits per heavy atom. The lowest BCUT2D eigenvalue weighted by atomic mass is 9.89. The summed E-state index contributed by atoms with van der Waals surface area (Å²) < 4.78 is 0. The molecule has 1 amide bonds.